The zero-order chi connectivity index (χ0) is 18.7. The molecule has 26 heavy (non-hydrogen) atoms. The quantitative estimate of drug-likeness (QED) is 0.712. The maximum Gasteiger partial charge on any atom is 0.416 e. The van der Waals surface area contributed by atoms with Crippen LogP contribution in [-0.4, -0.2) is 21.0 Å². The van der Waals surface area contributed by atoms with Gasteiger partial charge in [-0.1, -0.05) is 30.3 Å². The van der Waals surface area contributed by atoms with E-state index in [1.807, 2.05) is 6.07 Å². The van der Waals surface area contributed by atoms with Crippen LogP contribution in [0.5, 0.6) is 0 Å². The van der Waals surface area contributed by atoms with Crippen molar-refractivity contribution in [1.82, 2.24) is 9.97 Å². The first kappa shape index (κ1) is 17.4. The highest BCUT2D eigenvalue weighted by Gasteiger charge is 2.30. The number of nitrogens with one attached hydrogen (secondary N) is 1. The van der Waals surface area contributed by atoms with Gasteiger partial charge >= 0.3 is 12.1 Å². The molecule has 0 amide bonds. The lowest BCUT2D eigenvalue weighted by molar-refractivity contribution is -0.137. The summed E-state index contributed by atoms with van der Waals surface area (Å²) in [6.45, 7) is 0. The van der Waals surface area contributed by atoms with E-state index in [-0.39, 0.29) is 17.1 Å². The summed E-state index contributed by atoms with van der Waals surface area (Å²) in [4.78, 5) is 19.6. The van der Waals surface area contributed by atoms with E-state index in [2.05, 4.69) is 15.3 Å². The van der Waals surface area contributed by atoms with E-state index < -0.39 is 17.7 Å². The van der Waals surface area contributed by atoms with Crippen LogP contribution >= 0.6 is 0 Å². The van der Waals surface area contributed by atoms with Gasteiger partial charge in [-0.3, -0.25) is 0 Å². The predicted molar refractivity (Wildman–Crippen MR) is 89.2 cm³/mol. The Morgan fingerprint density at radius 2 is 1.65 bits per heavy atom. The van der Waals surface area contributed by atoms with Crippen molar-refractivity contribution in [1.29, 1.82) is 0 Å². The molecule has 0 aliphatic rings. The number of anilines is 2. The number of rotatable bonds is 4. The fraction of sp³-hybridized carbons (Fsp3) is 0.0556. The molecule has 0 unspecified atom stereocenters. The number of hydrogen-bond donors (Lipinski definition) is 2. The molecule has 3 aromatic rings. The molecule has 0 saturated heterocycles. The summed E-state index contributed by atoms with van der Waals surface area (Å²) >= 11 is 0. The van der Waals surface area contributed by atoms with Crippen molar-refractivity contribution >= 4 is 17.5 Å². The third-order valence-corrected chi connectivity index (χ3v) is 3.53. The van der Waals surface area contributed by atoms with Gasteiger partial charge in [0.1, 0.15) is 11.4 Å². The van der Waals surface area contributed by atoms with Crippen LogP contribution < -0.4 is 5.32 Å². The summed E-state index contributed by atoms with van der Waals surface area (Å²) in [5.74, 6) is -0.963. The van der Waals surface area contributed by atoms with Crippen LogP contribution in [0.15, 0.2) is 60.8 Å². The van der Waals surface area contributed by atoms with Crippen molar-refractivity contribution in [2.45, 2.75) is 6.18 Å². The Morgan fingerprint density at radius 3 is 2.23 bits per heavy atom. The summed E-state index contributed by atoms with van der Waals surface area (Å²) in [5.41, 5.74) is -0.0307. The van der Waals surface area contributed by atoms with E-state index in [1.165, 1.54) is 12.1 Å². The number of alkyl halides is 3. The van der Waals surface area contributed by atoms with Gasteiger partial charge in [-0.2, -0.15) is 13.2 Å². The number of aromatic carboxylic acids is 1. The van der Waals surface area contributed by atoms with E-state index in [9.17, 15) is 23.1 Å². The number of carboxylic acid groups (broad SMARTS) is 1. The van der Waals surface area contributed by atoms with Gasteiger partial charge in [-0.05, 0) is 24.3 Å². The van der Waals surface area contributed by atoms with Crippen molar-refractivity contribution in [2.24, 2.45) is 0 Å². The second-order valence-corrected chi connectivity index (χ2v) is 5.33. The molecule has 0 atom stereocenters. The fourth-order valence-corrected chi connectivity index (χ4v) is 2.24. The van der Waals surface area contributed by atoms with E-state index in [1.54, 1.807) is 24.3 Å². The molecule has 2 aromatic carbocycles. The number of halogens is 3. The predicted octanol–water partition coefficient (Wildman–Crippen LogP) is 4.60. The van der Waals surface area contributed by atoms with Gasteiger partial charge in [0.2, 0.25) is 0 Å². The van der Waals surface area contributed by atoms with Gasteiger partial charge < -0.3 is 10.4 Å². The fourth-order valence-electron chi connectivity index (χ4n) is 2.24. The molecule has 0 spiro atoms. The van der Waals surface area contributed by atoms with Gasteiger partial charge in [0, 0.05) is 17.4 Å². The first-order chi connectivity index (χ1) is 12.3. The standard InChI is InChI=1S/C18H12F3N3O2/c19-18(20,21)12-6-8-13(9-7-12)23-16-14(17(25)26)10-22-15(24-16)11-4-2-1-3-5-11/h1-10H,(H,25,26)(H,22,23,24). The molecule has 0 fully saturated rings. The van der Waals surface area contributed by atoms with Crippen molar-refractivity contribution in [3.63, 3.8) is 0 Å². The van der Waals surface area contributed by atoms with Gasteiger partial charge in [-0.15, -0.1) is 0 Å². The van der Waals surface area contributed by atoms with Crippen molar-refractivity contribution in [3.8, 4) is 11.4 Å². The smallest absolute Gasteiger partial charge is 0.416 e. The molecule has 0 aliphatic carbocycles. The van der Waals surface area contributed by atoms with Crippen molar-refractivity contribution in [3.05, 3.63) is 71.9 Å². The molecule has 2 N–H and O–H groups in total. The van der Waals surface area contributed by atoms with Gasteiger partial charge in [0.05, 0.1) is 5.56 Å². The molecule has 0 saturated carbocycles. The van der Waals surface area contributed by atoms with Crippen molar-refractivity contribution in [2.75, 3.05) is 5.32 Å². The second kappa shape index (κ2) is 6.83. The molecular formula is C18H12F3N3O2. The largest absolute Gasteiger partial charge is 0.477 e. The van der Waals surface area contributed by atoms with E-state index in [4.69, 9.17) is 0 Å². The molecule has 0 aliphatic heterocycles. The number of carboxylic acids is 1. The molecule has 8 heteroatoms. The molecule has 132 valence electrons. The molecule has 3 rings (SSSR count). The van der Waals surface area contributed by atoms with Crippen LogP contribution in [0.3, 0.4) is 0 Å². The van der Waals surface area contributed by atoms with E-state index in [0.717, 1.165) is 18.3 Å². The number of benzene rings is 2. The topological polar surface area (TPSA) is 75.1 Å². The number of aromatic nitrogens is 2. The number of hydrogen-bond acceptors (Lipinski definition) is 4. The van der Waals surface area contributed by atoms with Crippen LogP contribution in [0, 0.1) is 0 Å². The summed E-state index contributed by atoms with van der Waals surface area (Å²) in [5, 5.41) is 12.0. The van der Waals surface area contributed by atoms with Crippen LogP contribution in [-0.2, 0) is 6.18 Å². The van der Waals surface area contributed by atoms with Crippen LogP contribution in [0.4, 0.5) is 24.7 Å². The third kappa shape index (κ3) is 3.80. The van der Waals surface area contributed by atoms with Crippen LogP contribution in [0.25, 0.3) is 11.4 Å². The van der Waals surface area contributed by atoms with Gasteiger partial charge in [0.25, 0.3) is 0 Å². The minimum atomic E-state index is -4.44. The van der Waals surface area contributed by atoms with Crippen molar-refractivity contribution < 1.29 is 23.1 Å². The highest BCUT2D eigenvalue weighted by atomic mass is 19.4. The lowest BCUT2D eigenvalue weighted by Gasteiger charge is -2.11. The molecule has 1 aromatic heterocycles. The second-order valence-electron chi connectivity index (χ2n) is 5.33. The van der Waals surface area contributed by atoms with Gasteiger partial charge in [-0.25, -0.2) is 14.8 Å². The average molecular weight is 359 g/mol. The summed E-state index contributed by atoms with van der Waals surface area (Å²) in [6, 6.07) is 13.1. The summed E-state index contributed by atoms with van der Waals surface area (Å²) in [7, 11) is 0. The summed E-state index contributed by atoms with van der Waals surface area (Å²) < 4.78 is 37.9. The maximum absolute atomic E-state index is 12.6. The normalized spacial score (nSPS) is 11.2. The molecule has 5 nitrogen and oxygen atoms in total. The minimum absolute atomic E-state index is 0.00823. The average Bonchev–Trinajstić information content (AvgIpc) is 2.62. The molecule has 0 bridgehead atoms. The Hall–Kier alpha value is -3.42. The van der Waals surface area contributed by atoms with Gasteiger partial charge in [0.15, 0.2) is 5.82 Å². The number of carbonyl (C=O) groups is 1. The third-order valence-electron chi connectivity index (χ3n) is 3.53. The Kier molecular flexibility index (Phi) is 4.57. The highest BCUT2D eigenvalue weighted by Crippen LogP contribution is 2.30. The lowest BCUT2D eigenvalue weighted by atomic mass is 10.2. The van der Waals surface area contributed by atoms with Crippen LogP contribution in [0.1, 0.15) is 15.9 Å². The highest BCUT2D eigenvalue weighted by molar-refractivity contribution is 5.94. The Balaban J connectivity index is 1.96. The zero-order valence-electron chi connectivity index (χ0n) is 13.2. The van der Waals surface area contributed by atoms with E-state index in [0.29, 0.717) is 11.4 Å². The first-order valence-corrected chi connectivity index (χ1v) is 7.44. The molecule has 1 heterocycles. The Bertz CT molecular complexity index is 927. The number of nitrogens with zero attached hydrogens (tertiary/aromatic N) is 2. The zero-order valence-corrected chi connectivity index (χ0v) is 13.2. The SMILES string of the molecule is O=C(O)c1cnc(-c2ccccc2)nc1Nc1ccc(C(F)(F)F)cc1. The van der Waals surface area contributed by atoms with E-state index >= 15 is 0 Å². The first-order valence-electron chi connectivity index (χ1n) is 7.44. The Morgan fingerprint density at radius 1 is 1.00 bits per heavy atom. The maximum atomic E-state index is 12.6. The monoisotopic (exact) mass is 359 g/mol. The summed E-state index contributed by atoms with van der Waals surface area (Å²) in [6.07, 6.45) is -3.29. The lowest BCUT2D eigenvalue weighted by Crippen LogP contribution is -2.08. The minimum Gasteiger partial charge on any atom is -0.477 e. The molecule has 0 radical (unpaired) electrons. The Labute approximate surface area is 146 Å². The molecular weight excluding hydrogens is 347 g/mol. The van der Waals surface area contributed by atoms with Crippen LogP contribution in [0.2, 0.25) is 0 Å².